The molecule has 0 heterocycles. The molecule has 0 aliphatic rings. The molecule has 3 rings (SSSR count). The van der Waals surface area contributed by atoms with Crippen LogP contribution in [0.25, 0.3) is 10.8 Å². The molecule has 0 spiro atoms. The summed E-state index contributed by atoms with van der Waals surface area (Å²) >= 11 is 11.8. The molecule has 134 valence electrons. The zero-order chi connectivity index (χ0) is 18.4. The Bertz CT molecular complexity index is 900. The van der Waals surface area contributed by atoms with Gasteiger partial charge in [0.25, 0.3) is 0 Å². The SMILES string of the molecule is Cc1cc(N(CCCl)CCCl)ccc1C=Nc1ccc2ccccc2c1. The lowest BCUT2D eigenvalue weighted by Crippen LogP contribution is -2.27. The van der Waals surface area contributed by atoms with Gasteiger partial charge in [0.15, 0.2) is 0 Å². The van der Waals surface area contributed by atoms with Gasteiger partial charge in [0.2, 0.25) is 0 Å². The number of anilines is 1. The van der Waals surface area contributed by atoms with Crippen molar-refractivity contribution in [2.45, 2.75) is 6.92 Å². The Kier molecular flexibility index (Phi) is 6.54. The number of aliphatic imine (C=N–C) groups is 1. The van der Waals surface area contributed by atoms with E-state index in [1.807, 2.05) is 24.4 Å². The van der Waals surface area contributed by atoms with E-state index in [0.717, 1.165) is 30.0 Å². The second-order valence-electron chi connectivity index (χ2n) is 6.20. The standard InChI is InChI=1S/C22H22Cl2N2/c1-17-14-22(26(12-10-23)13-11-24)9-7-20(17)16-25-21-8-6-18-4-2-3-5-19(18)15-21/h2-9,14-16H,10-13H2,1H3. The van der Waals surface area contributed by atoms with Crippen molar-refractivity contribution < 1.29 is 0 Å². The van der Waals surface area contributed by atoms with Gasteiger partial charge in [0.05, 0.1) is 5.69 Å². The third kappa shape index (κ3) is 4.57. The van der Waals surface area contributed by atoms with Crippen LogP contribution in [0.15, 0.2) is 65.7 Å². The van der Waals surface area contributed by atoms with Crippen LogP contribution in [0.2, 0.25) is 0 Å². The molecule has 0 bridgehead atoms. The third-order valence-electron chi connectivity index (χ3n) is 4.41. The Hall–Kier alpha value is -2.03. The molecule has 0 saturated heterocycles. The summed E-state index contributed by atoms with van der Waals surface area (Å²) in [7, 11) is 0. The van der Waals surface area contributed by atoms with E-state index < -0.39 is 0 Å². The van der Waals surface area contributed by atoms with Crippen LogP contribution in [0.1, 0.15) is 11.1 Å². The maximum absolute atomic E-state index is 5.91. The van der Waals surface area contributed by atoms with Crippen molar-refractivity contribution in [2.75, 3.05) is 29.7 Å². The van der Waals surface area contributed by atoms with E-state index in [9.17, 15) is 0 Å². The van der Waals surface area contributed by atoms with Gasteiger partial charge in [-0.15, -0.1) is 23.2 Å². The molecule has 4 heteroatoms. The predicted molar refractivity (Wildman–Crippen MR) is 116 cm³/mol. The predicted octanol–water partition coefficient (Wildman–Crippen LogP) is 6.18. The van der Waals surface area contributed by atoms with Crippen molar-refractivity contribution in [2.24, 2.45) is 4.99 Å². The highest BCUT2D eigenvalue weighted by molar-refractivity contribution is 6.18. The molecule has 3 aromatic rings. The fourth-order valence-corrected chi connectivity index (χ4v) is 3.38. The molecule has 0 aromatic heterocycles. The lowest BCUT2D eigenvalue weighted by Gasteiger charge is -2.23. The fourth-order valence-electron chi connectivity index (χ4n) is 2.98. The van der Waals surface area contributed by atoms with Gasteiger partial charge >= 0.3 is 0 Å². The summed E-state index contributed by atoms with van der Waals surface area (Å²) in [6.45, 7) is 3.68. The average Bonchev–Trinajstić information content (AvgIpc) is 2.66. The first-order chi connectivity index (χ1) is 12.7. The number of hydrogen-bond acceptors (Lipinski definition) is 2. The van der Waals surface area contributed by atoms with E-state index in [4.69, 9.17) is 23.2 Å². The van der Waals surface area contributed by atoms with E-state index in [-0.39, 0.29) is 0 Å². The van der Waals surface area contributed by atoms with Gasteiger partial charge in [-0.05, 0) is 53.1 Å². The Morgan fingerprint density at radius 1 is 0.885 bits per heavy atom. The molecule has 0 atom stereocenters. The fraction of sp³-hybridized carbons (Fsp3) is 0.227. The van der Waals surface area contributed by atoms with Crippen LogP contribution in [0.5, 0.6) is 0 Å². The van der Waals surface area contributed by atoms with Crippen molar-refractivity contribution in [3.8, 4) is 0 Å². The van der Waals surface area contributed by atoms with Crippen molar-refractivity contribution in [3.05, 3.63) is 71.8 Å². The van der Waals surface area contributed by atoms with Crippen LogP contribution in [-0.4, -0.2) is 31.1 Å². The molecule has 2 nitrogen and oxygen atoms in total. The van der Waals surface area contributed by atoms with Crippen molar-refractivity contribution in [3.63, 3.8) is 0 Å². The van der Waals surface area contributed by atoms with E-state index in [1.54, 1.807) is 0 Å². The van der Waals surface area contributed by atoms with Gasteiger partial charge in [-0.2, -0.15) is 0 Å². The first kappa shape index (κ1) is 18.8. The third-order valence-corrected chi connectivity index (χ3v) is 4.75. The Labute approximate surface area is 165 Å². The van der Waals surface area contributed by atoms with Crippen LogP contribution in [0.4, 0.5) is 11.4 Å². The summed E-state index contributed by atoms with van der Waals surface area (Å²) in [6, 6.07) is 21.0. The van der Waals surface area contributed by atoms with Gasteiger partial charge in [-0.1, -0.05) is 36.4 Å². The molecule has 0 radical (unpaired) electrons. The van der Waals surface area contributed by atoms with Gasteiger partial charge in [-0.3, -0.25) is 4.99 Å². The maximum atomic E-state index is 5.91. The highest BCUT2D eigenvalue weighted by Crippen LogP contribution is 2.22. The van der Waals surface area contributed by atoms with E-state index in [0.29, 0.717) is 11.8 Å². The van der Waals surface area contributed by atoms with E-state index >= 15 is 0 Å². The average molecular weight is 385 g/mol. The Morgan fingerprint density at radius 2 is 1.62 bits per heavy atom. The van der Waals surface area contributed by atoms with Crippen molar-refractivity contribution in [1.29, 1.82) is 0 Å². The van der Waals surface area contributed by atoms with Gasteiger partial charge in [0.1, 0.15) is 0 Å². The minimum atomic E-state index is 0.584. The minimum Gasteiger partial charge on any atom is -0.369 e. The molecule has 0 fully saturated rings. The number of rotatable bonds is 7. The molecule has 0 N–H and O–H groups in total. The number of hydrogen-bond donors (Lipinski definition) is 0. The van der Waals surface area contributed by atoms with Gasteiger partial charge < -0.3 is 4.90 Å². The number of nitrogens with zero attached hydrogens (tertiary/aromatic N) is 2. The van der Waals surface area contributed by atoms with Crippen LogP contribution < -0.4 is 4.90 Å². The lowest BCUT2D eigenvalue weighted by molar-refractivity contribution is 0.873. The first-order valence-corrected chi connectivity index (χ1v) is 9.78. The Morgan fingerprint density at radius 3 is 2.31 bits per heavy atom. The molecule has 3 aromatic carbocycles. The number of benzene rings is 3. The molecule has 0 aliphatic heterocycles. The molecular formula is C22H22Cl2N2. The van der Waals surface area contributed by atoms with Crippen molar-refractivity contribution in [1.82, 2.24) is 0 Å². The number of aryl methyl sites for hydroxylation is 1. The first-order valence-electron chi connectivity index (χ1n) is 8.71. The number of fused-ring (bicyclic) bond motifs is 1. The molecule has 0 saturated carbocycles. The topological polar surface area (TPSA) is 15.6 Å². The van der Waals surface area contributed by atoms with Crippen LogP contribution >= 0.6 is 23.2 Å². The molecule has 0 aliphatic carbocycles. The van der Waals surface area contributed by atoms with Crippen LogP contribution in [0.3, 0.4) is 0 Å². The summed E-state index contributed by atoms with van der Waals surface area (Å²) in [5.74, 6) is 1.17. The van der Waals surface area contributed by atoms with Crippen LogP contribution in [0, 0.1) is 6.92 Å². The summed E-state index contributed by atoms with van der Waals surface area (Å²) < 4.78 is 0. The number of alkyl halides is 2. The van der Waals surface area contributed by atoms with Crippen LogP contribution in [-0.2, 0) is 0 Å². The van der Waals surface area contributed by atoms with E-state index in [2.05, 4.69) is 59.3 Å². The maximum Gasteiger partial charge on any atom is 0.0636 e. The smallest absolute Gasteiger partial charge is 0.0636 e. The summed E-state index contributed by atoms with van der Waals surface area (Å²) in [4.78, 5) is 6.86. The Balaban J connectivity index is 1.81. The normalized spacial score (nSPS) is 11.3. The summed E-state index contributed by atoms with van der Waals surface area (Å²) in [6.07, 6.45) is 1.93. The molecule has 0 unspecified atom stereocenters. The number of halogens is 2. The van der Waals surface area contributed by atoms with E-state index in [1.165, 1.54) is 16.3 Å². The monoisotopic (exact) mass is 384 g/mol. The van der Waals surface area contributed by atoms with Gasteiger partial charge in [-0.25, -0.2) is 0 Å². The summed E-state index contributed by atoms with van der Waals surface area (Å²) in [5.41, 5.74) is 4.39. The zero-order valence-electron chi connectivity index (χ0n) is 14.8. The quantitative estimate of drug-likeness (QED) is 0.350. The van der Waals surface area contributed by atoms with Crippen molar-refractivity contribution >= 4 is 51.6 Å². The molecule has 26 heavy (non-hydrogen) atoms. The second kappa shape index (κ2) is 9.07. The lowest BCUT2D eigenvalue weighted by atomic mass is 10.1. The minimum absolute atomic E-state index is 0.584. The molecule has 0 amide bonds. The van der Waals surface area contributed by atoms with Gasteiger partial charge in [0, 0.05) is 36.8 Å². The highest BCUT2D eigenvalue weighted by Gasteiger charge is 2.07. The second-order valence-corrected chi connectivity index (χ2v) is 6.95. The largest absolute Gasteiger partial charge is 0.369 e. The molecular weight excluding hydrogens is 363 g/mol. The highest BCUT2D eigenvalue weighted by atomic mass is 35.5. The zero-order valence-corrected chi connectivity index (χ0v) is 16.3. The summed E-state index contributed by atoms with van der Waals surface area (Å²) in [5, 5.41) is 2.43.